The SMILES string of the molecule is CC(C)S(=O)(=O)c1ccc(CC(=O)NCc2cccc(Oc3ccccn3)c2)cc1. The minimum Gasteiger partial charge on any atom is -0.439 e. The third-order valence-electron chi connectivity index (χ3n) is 4.49. The summed E-state index contributed by atoms with van der Waals surface area (Å²) in [6.45, 7) is 3.65. The molecule has 3 aromatic rings. The van der Waals surface area contributed by atoms with Crippen molar-refractivity contribution >= 4 is 15.7 Å². The number of benzene rings is 2. The lowest BCUT2D eigenvalue weighted by molar-refractivity contribution is -0.120. The molecule has 3 rings (SSSR count). The molecule has 1 heterocycles. The number of aromatic nitrogens is 1. The van der Waals surface area contributed by atoms with Gasteiger partial charge in [0.15, 0.2) is 9.84 Å². The van der Waals surface area contributed by atoms with Gasteiger partial charge in [-0.05, 0) is 55.3 Å². The highest BCUT2D eigenvalue weighted by Crippen LogP contribution is 2.20. The van der Waals surface area contributed by atoms with Crippen molar-refractivity contribution in [3.05, 3.63) is 84.1 Å². The fourth-order valence-corrected chi connectivity index (χ4v) is 3.82. The smallest absolute Gasteiger partial charge is 0.224 e. The first-order valence-corrected chi connectivity index (χ1v) is 11.2. The summed E-state index contributed by atoms with van der Waals surface area (Å²) < 4.78 is 30.1. The van der Waals surface area contributed by atoms with Crippen molar-refractivity contribution in [1.29, 1.82) is 0 Å². The molecule has 0 fully saturated rings. The number of pyridine rings is 1. The summed E-state index contributed by atoms with van der Waals surface area (Å²) in [5.41, 5.74) is 1.65. The number of ether oxygens (including phenoxy) is 1. The molecule has 1 aromatic heterocycles. The van der Waals surface area contributed by atoms with E-state index < -0.39 is 15.1 Å². The number of rotatable bonds is 8. The zero-order chi connectivity index (χ0) is 21.6. The number of hydrogen-bond donors (Lipinski definition) is 1. The molecule has 30 heavy (non-hydrogen) atoms. The topological polar surface area (TPSA) is 85.4 Å². The van der Waals surface area contributed by atoms with E-state index in [0.29, 0.717) is 18.2 Å². The maximum Gasteiger partial charge on any atom is 0.224 e. The van der Waals surface area contributed by atoms with Crippen LogP contribution in [-0.4, -0.2) is 24.6 Å². The zero-order valence-electron chi connectivity index (χ0n) is 16.9. The van der Waals surface area contributed by atoms with Crippen LogP contribution in [0.5, 0.6) is 11.6 Å². The van der Waals surface area contributed by atoms with Crippen LogP contribution in [-0.2, 0) is 27.6 Å². The van der Waals surface area contributed by atoms with E-state index in [1.165, 1.54) is 0 Å². The molecule has 156 valence electrons. The van der Waals surface area contributed by atoms with Crippen molar-refractivity contribution in [3.63, 3.8) is 0 Å². The summed E-state index contributed by atoms with van der Waals surface area (Å²) in [5, 5.41) is 2.39. The van der Waals surface area contributed by atoms with E-state index in [4.69, 9.17) is 4.74 Å². The Bertz CT molecular complexity index is 1100. The average molecular weight is 425 g/mol. The van der Waals surface area contributed by atoms with Gasteiger partial charge in [-0.25, -0.2) is 13.4 Å². The average Bonchev–Trinajstić information content (AvgIpc) is 2.73. The van der Waals surface area contributed by atoms with Gasteiger partial charge in [0, 0.05) is 18.8 Å². The summed E-state index contributed by atoms with van der Waals surface area (Å²) in [6.07, 6.45) is 1.83. The van der Waals surface area contributed by atoms with Crippen LogP contribution in [0.3, 0.4) is 0 Å². The first-order valence-electron chi connectivity index (χ1n) is 9.62. The zero-order valence-corrected chi connectivity index (χ0v) is 17.7. The minimum atomic E-state index is -3.31. The number of sulfone groups is 1. The third kappa shape index (κ3) is 5.67. The molecule has 0 saturated heterocycles. The highest BCUT2D eigenvalue weighted by molar-refractivity contribution is 7.92. The van der Waals surface area contributed by atoms with Crippen molar-refractivity contribution < 1.29 is 17.9 Å². The standard InChI is InChI=1S/C23H24N2O4S/c1-17(2)30(27,28)21-11-9-18(10-12-21)15-22(26)25-16-19-6-5-7-20(14-19)29-23-8-3-4-13-24-23/h3-14,17H,15-16H2,1-2H3,(H,25,26). The molecule has 0 radical (unpaired) electrons. The van der Waals surface area contributed by atoms with Crippen molar-refractivity contribution in [3.8, 4) is 11.6 Å². The molecular formula is C23H24N2O4S. The van der Waals surface area contributed by atoms with E-state index in [1.54, 1.807) is 50.4 Å². The Morgan fingerprint density at radius 3 is 2.43 bits per heavy atom. The predicted octanol–water partition coefficient (Wildman–Crippen LogP) is 3.91. The number of carbonyl (C=O) groups is 1. The van der Waals surface area contributed by atoms with Gasteiger partial charge in [-0.15, -0.1) is 0 Å². The van der Waals surface area contributed by atoms with E-state index in [0.717, 1.165) is 11.1 Å². The lowest BCUT2D eigenvalue weighted by atomic mass is 10.1. The number of carbonyl (C=O) groups excluding carboxylic acids is 1. The quantitative estimate of drug-likeness (QED) is 0.592. The Labute approximate surface area is 176 Å². The molecule has 1 amide bonds. The van der Waals surface area contributed by atoms with Gasteiger partial charge in [-0.3, -0.25) is 4.79 Å². The molecule has 0 aliphatic carbocycles. The maximum atomic E-state index is 12.3. The molecule has 6 nitrogen and oxygen atoms in total. The summed E-state index contributed by atoms with van der Waals surface area (Å²) in [5.74, 6) is 0.995. The largest absolute Gasteiger partial charge is 0.439 e. The van der Waals surface area contributed by atoms with Gasteiger partial charge in [0.1, 0.15) is 5.75 Å². The predicted molar refractivity (Wildman–Crippen MR) is 115 cm³/mol. The van der Waals surface area contributed by atoms with Gasteiger partial charge in [0.05, 0.1) is 16.6 Å². The maximum absolute atomic E-state index is 12.3. The van der Waals surface area contributed by atoms with Gasteiger partial charge in [-0.2, -0.15) is 0 Å². The Hall–Kier alpha value is -3.19. The number of hydrogen-bond acceptors (Lipinski definition) is 5. The molecule has 0 atom stereocenters. The Kier molecular flexibility index (Phi) is 6.84. The fourth-order valence-electron chi connectivity index (χ4n) is 2.76. The van der Waals surface area contributed by atoms with Gasteiger partial charge in [0.25, 0.3) is 0 Å². The third-order valence-corrected chi connectivity index (χ3v) is 6.66. The van der Waals surface area contributed by atoms with Crippen LogP contribution in [0.1, 0.15) is 25.0 Å². The van der Waals surface area contributed by atoms with Crippen molar-refractivity contribution in [2.24, 2.45) is 0 Å². The Balaban J connectivity index is 1.55. The Morgan fingerprint density at radius 2 is 1.77 bits per heavy atom. The summed E-state index contributed by atoms with van der Waals surface area (Å²) >= 11 is 0. The summed E-state index contributed by atoms with van der Waals surface area (Å²) in [4.78, 5) is 16.7. The second-order valence-electron chi connectivity index (χ2n) is 7.11. The molecule has 7 heteroatoms. The molecule has 2 aromatic carbocycles. The molecular weight excluding hydrogens is 400 g/mol. The highest BCUT2D eigenvalue weighted by Gasteiger charge is 2.18. The van der Waals surface area contributed by atoms with Crippen LogP contribution in [0.4, 0.5) is 0 Å². The first kappa shape index (κ1) is 21.5. The monoisotopic (exact) mass is 424 g/mol. The molecule has 0 spiro atoms. The van der Waals surface area contributed by atoms with Gasteiger partial charge < -0.3 is 10.1 Å². The molecule has 0 bridgehead atoms. The highest BCUT2D eigenvalue weighted by atomic mass is 32.2. The molecule has 0 aliphatic rings. The summed E-state index contributed by atoms with van der Waals surface area (Å²) in [6, 6.07) is 19.3. The summed E-state index contributed by atoms with van der Waals surface area (Å²) in [7, 11) is -3.31. The molecule has 0 unspecified atom stereocenters. The van der Waals surface area contributed by atoms with E-state index in [9.17, 15) is 13.2 Å². The van der Waals surface area contributed by atoms with Crippen molar-refractivity contribution in [2.75, 3.05) is 0 Å². The van der Waals surface area contributed by atoms with Crippen LogP contribution in [0.25, 0.3) is 0 Å². The molecule has 1 N–H and O–H groups in total. The molecule has 0 saturated carbocycles. The van der Waals surface area contributed by atoms with E-state index >= 15 is 0 Å². The van der Waals surface area contributed by atoms with Crippen molar-refractivity contribution in [1.82, 2.24) is 10.3 Å². The Morgan fingerprint density at radius 1 is 1.00 bits per heavy atom. The lowest BCUT2D eigenvalue weighted by Gasteiger charge is -2.10. The van der Waals surface area contributed by atoms with Crippen LogP contribution < -0.4 is 10.1 Å². The number of amides is 1. The normalized spacial score (nSPS) is 11.3. The number of nitrogens with zero attached hydrogens (tertiary/aromatic N) is 1. The first-order chi connectivity index (χ1) is 14.3. The van der Waals surface area contributed by atoms with Gasteiger partial charge in [-0.1, -0.05) is 30.3 Å². The van der Waals surface area contributed by atoms with E-state index in [-0.39, 0.29) is 17.2 Å². The van der Waals surface area contributed by atoms with Crippen molar-refractivity contribution in [2.45, 2.75) is 37.0 Å². The van der Waals surface area contributed by atoms with Crippen LogP contribution in [0.2, 0.25) is 0 Å². The fraction of sp³-hybridized carbons (Fsp3) is 0.217. The second kappa shape index (κ2) is 9.54. The van der Waals surface area contributed by atoms with E-state index in [1.807, 2.05) is 36.4 Å². The second-order valence-corrected chi connectivity index (χ2v) is 9.61. The number of nitrogens with one attached hydrogen (secondary N) is 1. The van der Waals surface area contributed by atoms with Crippen LogP contribution >= 0.6 is 0 Å². The minimum absolute atomic E-state index is 0.148. The van der Waals surface area contributed by atoms with E-state index in [2.05, 4.69) is 10.3 Å². The van der Waals surface area contributed by atoms with Crippen LogP contribution in [0, 0.1) is 0 Å². The van der Waals surface area contributed by atoms with Gasteiger partial charge >= 0.3 is 0 Å². The molecule has 0 aliphatic heterocycles. The van der Waals surface area contributed by atoms with Gasteiger partial charge in [0.2, 0.25) is 11.8 Å². The van der Waals surface area contributed by atoms with Crippen LogP contribution in [0.15, 0.2) is 77.8 Å². The lowest BCUT2D eigenvalue weighted by Crippen LogP contribution is -2.24.